The van der Waals surface area contributed by atoms with Gasteiger partial charge in [0, 0.05) is 5.57 Å². The van der Waals surface area contributed by atoms with E-state index in [1.165, 1.54) is 0 Å². The first kappa shape index (κ1) is 5.54. The first-order valence-electron chi connectivity index (χ1n) is 2.87. The van der Waals surface area contributed by atoms with E-state index in [1.807, 2.05) is 5.94 Å². The molecule has 1 aliphatic rings. The van der Waals surface area contributed by atoms with E-state index in [-0.39, 0.29) is 0 Å². The third-order valence-corrected chi connectivity index (χ3v) is 1.35. The zero-order valence-corrected chi connectivity index (χ0v) is 4.74. The Morgan fingerprint density at radius 1 is 1.38 bits per heavy atom. The molecule has 1 heterocycles. The molecule has 0 saturated carbocycles. The highest BCUT2D eigenvalue weighted by atomic mass is 16.1. The van der Waals surface area contributed by atoms with Crippen molar-refractivity contribution in [3.05, 3.63) is 5.57 Å². The Kier molecular flexibility index (Phi) is 1.84. The van der Waals surface area contributed by atoms with Crippen molar-refractivity contribution in [2.45, 2.75) is 12.8 Å². The Hall–Kier alpha value is -0.590. The van der Waals surface area contributed by atoms with E-state index < -0.39 is 0 Å². The molecular weight excluding hydrogens is 102 g/mol. The van der Waals surface area contributed by atoms with E-state index in [1.54, 1.807) is 0 Å². The van der Waals surface area contributed by atoms with E-state index in [4.69, 9.17) is 0 Å². The van der Waals surface area contributed by atoms with Crippen molar-refractivity contribution in [2.24, 2.45) is 0 Å². The van der Waals surface area contributed by atoms with Crippen molar-refractivity contribution in [2.75, 3.05) is 13.1 Å². The maximum Gasteiger partial charge on any atom is 0.123 e. The summed E-state index contributed by atoms with van der Waals surface area (Å²) in [6.45, 7) is 1.90. The number of rotatable bonds is 0. The molecule has 0 aromatic carbocycles. The summed E-state index contributed by atoms with van der Waals surface area (Å²) in [7, 11) is 0. The quantitative estimate of drug-likeness (QED) is 0.450. The van der Waals surface area contributed by atoms with Gasteiger partial charge in [-0.05, 0) is 25.9 Å². The van der Waals surface area contributed by atoms with Crippen LogP contribution in [0.4, 0.5) is 0 Å². The summed E-state index contributed by atoms with van der Waals surface area (Å²) in [5.41, 5.74) is 0.934. The molecule has 1 N–H and O–H groups in total. The molecule has 44 valence electrons. The molecule has 0 aromatic heterocycles. The van der Waals surface area contributed by atoms with E-state index in [9.17, 15) is 4.79 Å². The van der Waals surface area contributed by atoms with Crippen molar-refractivity contribution in [3.8, 4) is 0 Å². The molecule has 0 aromatic rings. The highest BCUT2D eigenvalue weighted by Crippen LogP contribution is 2.03. The molecule has 0 spiro atoms. The topological polar surface area (TPSA) is 29.1 Å². The standard InChI is InChI=1S/C6H9NO/c8-5-6-1-3-7-4-2-6/h7H,1-4H2. The molecule has 0 amide bonds. The first-order valence-corrected chi connectivity index (χ1v) is 2.87. The molecule has 1 fully saturated rings. The van der Waals surface area contributed by atoms with Gasteiger partial charge in [0.05, 0.1) is 0 Å². The predicted octanol–water partition coefficient (Wildman–Crippen LogP) is 0.128. The lowest BCUT2D eigenvalue weighted by Crippen LogP contribution is -2.23. The Morgan fingerprint density at radius 2 is 2.00 bits per heavy atom. The van der Waals surface area contributed by atoms with Crippen LogP contribution >= 0.6 is 0 Å². The number of hydrogen-bond donors (Lipinski definition) is 1. The van der Waals surface area contributed by atoms with Crippen LogP contribution in [0.25, 0.3) is 0 Å². The fourth-order valence-corrected chi connectivity index (χ4v) is 0.831. The zero-order chi connectivity index (χ0) is 5.82. The third kappa shape index (κ3) is 1.19. The second-order valence-corrected chi connectivity index (χ2v) is 1.96. The normalized spacial score (nSPS) is 20.2. The van der Waals surface area contributed by atoms with Gasteiger partial charge in [0.2, 0.25) is 0 Å². The molecule has 8 heavy (non-hydrogen) atoms. The molecule has 0 unspecified atom stereocenters. The predicted molar refractivity (Wildman–Crippen MR) is 31.3 cm³/mol. The summed E-state index contributed by atoms with van der Waals surface area (Å²) in [6, 6.07) is 0. The summed E-state index contributed by atoms with van der Waals surface area (Å²) >= 11 is 0. The Morgan fingerprint density at radius 3 is 2.38 bits per heavy atom. The van der Waals surface area contributed by atoms with Crippen LogP contribution in [0.2, 0.25) is 0 Å². The third-order valence-electron chi connectivity index (χ3n) is 1.35. The van der Waals surface area contributed by atoms with Gasteiger partial charge < -0.3 is 5.32 Å². The lowest BCUT2D eigenvalue weighted by Gasteiger charge is -2.10. The van der Waals surface area contributed by atoms with Crippen LogP contribution in [0.15, 0.2) is 5.57 Å². The summed E-state index contributed by atoms with van der Waals surface area (Å²) in [4.78, 5) is 9.97. The molecule has 0 radical (unpaired) electrons. The Labute approximate surface area is 48.6 Å². The van der Waals surface area contributed by atoms with Gasteiger partial charge >= 0.3 is 0 Å². The van der Waals surface area contributed by atoms with Gasteiger partial charge in [-0.25, -0.2) is 4.79 Å². The van der Waals surface area contributed by atoms with Crippen molar-refractivity contribution in [1.29, 1.82) is 0 Å². The highest BCUT2D eigenvalue weighted by Gasteiger charge is 2.02. The molecule has 1 saturated heterocycles. The second-order valence-electron chi connectivity index (χ2n) is 1.96. The minimum absolute atomic E-state index is 0.892. The Bertz CT molecular complexity index is 116. The largest absolute Gasteiger partial charge is 0.316 e. The van der Waals surface area contributed by atoms with Crippen LogP contribution in [0.5, 0.6) is 0 Å². The van der Waals surface area contributed by atoms with Crippen LogP contribution in [0.1, 0.15) is 12.8 Å². The molecule has 2 nitrogen and oxygen atoms in total. The molecule has 1 rings (SSSR count). The molecule has 2 heteroatoms. The zero-order valence-electron chi connectivity index (χ0n) is 4.74. The van der Waals surface area contributed by atoms with Gasteiger partial charge in [-0.1, -0.05) is 0 Å². The van der Waals surface area contributed by atoms with Crippen LogP contribution < -0.4 is 5.32 Å². The fourth-order valence-electron chi connectivity index (χ4n) is 0.831. The molecular formula is C6H9NO. The lowest BCUT2D eigenvalue weighted by atomic mass is 10.1. The van der Waals surface area contributed by atoms with E-state index in [2.05, 4.69) is 5.32 Å². The maximum atomic E-state index is 9.97. The van der Waals surface area contributed by atoms with E-state index >= 15 is 0 Å². The maximum absolute atomic E-state index is 9.97. The molecule has 1 aliphatic heterocycles. The van der Waals surface area contributed by atoms with Crippen LogP contribution in [0, 0.1) is 0 Å². The fraction of sp³-hybridized carbons (Fsp3) is 0.667. The average molecular weight is 111 g/mol. The number of piperidine rings is 1. The average Bonchev–Trinajstić information content (AvgIpc) is 1.90. The molecule has 0 aliphatic carbocycles. The van der Waals surface area contributed by atoms with Gasteiger partial charge in [0.15, 0.2) is 0 Å². The minimum Gasteiger partial charge on any atom is -0.316 e. The van der Waals surface area contributed by atoms with Gasteiger partial charge in [-0.3, -0.25) is 0 Å². The van der Waals surface area contributed by atoms with E-state index in [0.717, 1.165) is 31.5 Å². The van der Waals surface area contributed by atoms with Crippen molar-refractivity contribution in [3.63, 3.8) is 0 Å². The summed E-state index contributed by atoms with van der Waals surface area (Å²) < 4.78 is 0. The number of hydrogen-bond acceptors (Lipinski definition) is 2. The SMILES string of the molecule is O=C=C1CCNCC1. The van der Waals surface area contributed by atoms with E-state index in [0.29, 0.717) is 0 Å². The number of carbonyl (C=O) groups excluding carboxylic acids is 1. The summed E-state index contributed by atoms with van der Waals surface area (Å²) in [6.07, 6.45) is 1.78. The second kappa shape index (κ2) is 2.65. The Balaban J connectivity index is 2.45. The van der Waals surface area contributed by atoms with Gasteiger partial charge in [-0.2, -0.15) is 0 Å². The minimum atomic E-state index is 0.892. The first-order chi connectivity index (χ1) is 3.93. The van der Waals surface area contributed by atoms with Crippen LogP contribution in [0.3, 0.4) is 0 Å². The van der Waals surface area contributed by atoms with Gasteiger partial charge in [0.1, 0.15) is 5.94 Å². The van der Waals surface area contributed by atoms with Crippen molar-refractivity contribution < 1.29 is 4.79 Å². The van der Waals surface area contributed by atoms with Gasteiger partial charge in [-0.15, -0.1) is 0 Å². The summed E-state index contributed by atoms with van der Waals surface area (Å²) in [5.74, 6) is 1.93. The highest BCUT2D eigenvalue weighted by molar-refractivity contribution is 5.52. The number of nitrogens with one attached hydrogen (secondary N) is 1. The monoisotopic (exact) mass is 111 g/mol. The molecule has 0 atom stereocenters. The van der Waals surface area contributed by atoms with Gasteiger partial charge in [0.25, 0.3) is 0 Å². The van der Waals surface area contributed by atoms with Crippen LogP contribution in [-0.2, 0) is 4.79 Å². The van der Waals surface area contributed by atoms with Crippen LogP contribution in [-0.4, -0.2) is 19.0 Å². The van der Waals surface area contributed by atoms with Crippen molar-refractivity contribution in [1.82, 2.24) is 5.32 Å². The molecule has 0 bridgehead atoms. The smallest absolute Gasteiger partial charge is 0.123 e. The lowest BCUT2D eigenvalue weighted by molar-refractivity contribution is 0.555. The summed E-state index contributed by atoms with van der Waals surface area (Å²) in [5, 5.41) is 3.15. The van der Waals surface area contributed by atoms with Crippen molar-refractivity contribution >= 4 is 5.94 Å².